The Morgan fingerprint density at radius 3 is 2.64 bits per heavy atom. The van der Waals surface area contributed by atoms with Gasteiger partial charge in [0.1, 0.15) is 0 Å². The third-order valence-corrected chi connectivity index (χ3v) is 6.39. The molecule has 0 aromatic rings. The van der Waals surface area contributed by atoms with Crippen LogP contribution in [-0.4, -0.2) is 17.5 Å². The van der Waals surface area contributed by atoms with Gasteiger partial charge >= 0.3 is 0 Å². The molecule has 0 unspecified atom stereocenters. The van der Waals surface area contributed by atoms with E-state index in [0.717, 1.165) is 24.8 Å². The Hall–Kier alpha value is -0.890. The molecule has 1 N–H and O–H groups in total. The highest BCUT2D eigenvalue weighted by molar-refractivity contribution is 5.97. The zero-order valence-electron chi connectivity index (χ0n) is 15.0. The first-order valence-electron chi connectivity index (χ1n) is 8.72. The van der Waals surface area contributed by atoms with Crippen LogP contribution in [0.25, 0.3) is 0 Å². The standard InChI is InChI=1S/C20H32O2/c1-14(9-12-21)7-8-16-15(2)17(22)13-18-19(3,4)10-6-11-20(16,18)5/h9,18,21H,6-8,10-13H2,1-5H3/b14-9+/t18-,20+/m1/s1. The molecular weight excluding hydrogens is 272 g/mol. The maximum Gasteiger partial charge on any atom is 0.158 e. The lowest BCUT2D eigenvalue weighted by atomic mass is 9.49. The third kappa shape index (κ3) is 3.08. The normalized spacial score (nSPS) is 32.2. The molecule has 2 heteroatoms. The van der Waals surface area contributed by atoms with Crippen molar-refractivity contribution < 1.29 is 9.90 Å². The summed E-state index contributed by atoms with van der Waals surface area (Å²) in [6.07, 6.45) is 8.22. The van der Waals surface area contributed by atoms with Crippen molar-refractivity contribution in [3.8, 4) is 0 Å². The quantitative estimate of drug-likeness (QED) is 0.755. The second-order valence-electron chi connectivity index (χ2n) is 8.28. The molecule has 22 heavy (non-hydrogen) atoms. The van der Waals surface area contributed by atoms with Crippen LogP contribution in [0, 0.1) is 16.7 Å². The average molecular weight is 304 g/mol. The molecule has 0 aliphatic heterocycles. The van der Waals surface area contributed by atoms with E-state index < -0.39 is 0 Å². The van der Waals surface area contributed by atoms with Crippen molar-refractivity contribution in [1.82, 2.24) is 0 Å². The molecule has 124 valence electrons. The van der Waals surface area contributed by atoms with Gasteiger partial charge < -0.3 is 5.11 Å². The van der Waals surface area contributed by atoms with Crippen LogP contribution in [0.4, 0.5) is 0 Å². The van der Waals surface area contributed by atoms with Crippen molar-refractivity contribution in [2.45, 2.75) is 73.1 Å². The van der Waals surface area contributed by atoms with Crippen LogP contribution < -0.4 is 0 Å². The number of aliphatic hydroxyl groups excluding tert-OH is 1. The van der Waals surface area contributed by atoms with Gasteiger partial charge in [-0.25, -0.2) is 0 Å². The number of carbonyl (C=O) groups is 1. The number of ketones is 1. The van der Waals surface area contributed by atoms with E-state index in [9.17, 15) is 4.79 Å². The van der Waals surface area contributed by atoms with E-state index in [1.165, 1.54) is 30.4 Å². The van der Waals surface area contributed by atoms with Gasteiger partial charge in [-0.1, -0.05) is 44.4 Å². The predicted molar refractivity (Wildman–Crippen MR) is 91.6 cm³/mol. The minimum absolute atomic E-state index is 0.107. The average Bonchev–Trinajstić information content (AvgIpc) is 2.41. The smallest absolute Gasteiger partial charge is 0.158 e. The second kappa shape index (κ2) is 6.31. The first kappa shape index (κ1) is 17.5. The van der Waals surface area contributed by atoms with Crippen LogP contribution in [0.2, 0.25) is 0 Å². The van der Waals surface area contributed by atoms with Crippen LogP contribution in [0.1, 0.15) is 73.1 Å². The monoisotopic (exact) mass is 304 g/mol. The van der Waals surface area contributed by atoms with Gasteiger partial charge in [-0.3, -0.25) is 4.79 Å². The molecule has 2 nitrogen and oxygen atoms in total. The van der Waals surface area contributed by atoms with E-state index >= 15 is 0 Å². The summed E-state index contributed by atoms with van der Waals surface area (Å²) in [6.45, 7) is 11.3. The van der Waals surface area contributed by atoms with Gasteiger partial charge in [-0.05, 0) is 61.9 Å². The Morgan fingerprint density at radius 2 is 2.00 bits per heavy atom. The minimum Gasteiger partial charge on any atom is -0.392 e. The third-order valence-electron chi connectivity index (χ3n) is 6.39. The summed E-state index contributed by atoms with van der Waals surface area (Å²) in [5, 5.41) is 9.03. The first-order chi connectivity index (χ1) is 10.2. The number of carbonyl (C=O) groups excluding carboxylic acids is 1. The van der Waals surface area contributed by atoms with Gasteiger partial charge in [0.25, 0.3) is 0 Å². The van der Waals surface area contributed by atoms with Crippen molar-refractivity contribution >= 4 is 5.78 Å². The van der Waals surface area contributed by atoms with E-state index in [1.54, 1.807) is 0 Å². The molecule has 0 aromatic carbocycles. The van der Waals surface area contributed by atoms with Crippen molar-refractivity contribution in [3.63, 3.8) is 0 Å². The number of hydrogen-bond acceptors (Lipinski definition) is 2. The second-order valence-corrected chi connectivity index (χ2v) is 8.28. The lowest BCUT2D eigenvalue weighted by Crippen LogP contribution is -2.47. The molecule has 1 saturated carbocycles. The summed E-state index contributed by atoms with van der Waals surface area (Å²) in [5.41, 5.74) is 4.07. The number of aliphatic hydroxyl groups is 1. The van der Waals surface area contributed by atoms with E-state index in [4.69, 9.17) is 5.11 Å². The van der Waals surface area contributed by atoms with Crippen molar-refractivity contribution in [3.05, 3.63) is 22.8 Å². The molecule has 0 radical (unpaired) electrons. The number of hydrogen-bond donors (Lipinski definition) is 1. The number of Topliss-reactive ketones (excluding diaryl/α,β-unsaturated/α-hetero) is 1. The highest BCUT2D eigenvalue weighted by atomic mass is 16.2. The Balaban J connectivity index is 2.34. The summed E-state index contributed by atoms with van der Waals surface area (Å²) < 4.78 is 0. The number of rotatable bonds is 4. The maximum absolute atomic E-state index is 12.5. The van der Waals surface area contributed by atoms with Gasteiger partial charge in [-0.2, -0.15) is 0 Å². The molecule has 0 aromatic heterocycles. The molecule has 2 rings (SSSR count). The van der Waals surface area contributed by atoms with Crippen LogP contribution in [0.5, 0.6) is 0 Å². The Kier molecular flexibility index (Phi) is 5.01. The van der Waals surface area contributed by atoms with Crippen LogP contribution in [0.3, 0.4) is 0 Å². The highest BCUT2D eigenvalue weighted by Crippen LogP contribution is 2.59. The summed E-state index contributed by atoms with van der Waals surface area (Å²) >= 11 is 0. The summed E-state index contributed by atoms with van der Waals surface area (Å²) in [4.78, 5) is 12.5. The van der Waals surface area contributed by atoms with Crippen molar-refractivity contribution in [1.29, 1.82) is 0 Å². The fraction of sp³-hybridized carbons (Fsp3) is 0.750. The molecule has 0 heterocycles. The van der Waals surface area contributed by atoms with Crippen molar-refractivity contribution in [2.75, 3.05) is 6.61 Å². The Bertz CT molecular complexity index is 510. The topological polar surface area (TPSA) is 37.3 Å². The number of fused-ring (bicyclic) bond motifs is 1. The Labute approximate surface area is 135 Å². The molecule has 0 amide bonds. The first-order valence-corrected chi connectivity index (χ1v) is 8.72. The number of allylic oxidation sites excluding steroid dienone is 3. The molecule has 2 aliphatic rings. The molecule has 0 bridgehead atoms. The zero-order chi connectivity index (χ0) is 16.5. The lowest BCUT2D eigenvalue weighted by Gasteiger charge is -2.54. The van der Waals surface area contributed by atoms with Gasteiger partial charge in [0, 0.05) is 6.42 Å². The van der Waals surface area contributed by atoms with E-state index in [1.807, 2.05) is 13.0 Å². The summed E-state index contributed by atoms with van der Waals surface area (Å²) in [6, 6.07) is 0. The SMILES string of the molecule is CC1=C(CC/C(C)=C/CO)[C@]2(C)CCCC(C)(C)[C@H]2CC1=O. The highest BCUT2D eigenvalue weighted by Gasteiger charge is 2.51. The van der Waals surface area contributed by atoms with Gasteiger partial charge in [0.05, 0.1) is 6.61 Å². The lowest BCUT2D eigenvalue weighted by molar-refractivity contribution is -0.122. The summed E-state index contributed by atoms with van der Waals surface area (Å²) in [5.74, 6) is 0.832. The van der Waals surface area contributed by atoms with E-state index in [2.05, 4.69) is 27.7 Å². The largest absolute Gasteiger partial charge is 0.392 e. The molecule has 1 fully saturated rings. The maximum atomic E-state index is 12.5. The van der Waals surface area contributed by atoms with Gasteiger partial charge in [0.2, 0.25) is 0 Å². The molecular formula is C20H32O2. The van der Waals surface area contributed by atoms with Gasteiger partial charge in [-0.15, -0.1) is 0 Å². The molecule has 2 atom stereocenters. The Morgan fingerprint density at radius 1 is 1.32 bits per heavy atom. The van der Waals surface area contributed by atoms with Crippen LogP contribution in [0.15, 0.2) is 22.8 Å². The van der Waals surface area contributed by atoms with Crippen LogP contribution in [-0.2, 0) is 4.79 Å². The van der Waals surface area contributed by atoms with Gasteiger partial charge in [0.15, 0.2) is 5.78 Å². The summed E-state index contributed by atoms with van der Waals surface area (Å²) in [7, 11) is 0. The van der Waals surface area contributed by atoms with E-state index in [0.29, 0.717) is 11.7 Å². The molecule has 0 saturated heterocycles. The van der Waals surface area contributed by atoms with E-state index in [-0.39, 0.29) is 17.4 Å². The fourth-order valence-electron chi connectivity index (χ4n) is 4.97. The minimum atomic E-state index is 0.107. The molecule has 2 aliphatic carbocycles. The predicted octanol–water partition coefficient (Wildman–Crippen LogP) is 4.83. The fourth-order valence-corrected chi connectivity index (χ4v) is 4.97. The molecule has 0 spiro atoms. The van der Waals surface area contributed by atoms with Crippen molar-refractivity contribution in [2.24, 2.45) is 16.7 Å². The van der Waals surface area contributed by atoms with Crippen LogP contribution >= 0.6 is 0 Å². The zero-order valence-corrected chi connectivity index (χ0v) is 15.0.